The van der Waals surface area contributed by atoms with Crippen molar-refractivity contribution in [3.8, 4) is 11.5 Å². The molecule has 3 rings (SSSR count). The Labute approximate surface area is 131 Å². The average Bonchev–Trinajstić information content (AvgIpc) is 2.71. The van der Waals surface area contributed by atoms with Crippen molar-refractivity contribution in [2.45, 2.75) is 0 Å². The number of aromatic nitrogens is 1. The minimum Gasteiger partial charge on any atom is -0.434 e. The first-order chi connectivity index (χ1) is 9.02. The third kappa shape index (κ3) is 2.50. The van der Waals surface area contributed by atoms with Gasteiger partial charge in [-0.05, 0) is 30.3 Å². The first-order valence-corrected chi connectivity index (χ1v) is 7.31. The van der Waals surface area contributed by atoms with Crippen LogP contribution >= 0.6 is 43.5 Å². The molecule has 1 aromatic heterocycles. The topological polar surface area (TPSA) is 52.0 Å². The number of anilines is 1. The molecule has 2 aromatic carbocycles. The molecule has 0 bridgehead atoms. The highest BCUT2D eigenvalue weighted by atomic mass is 79.9. The first-order valence-electron chi connectivity index (χ1n) is 5.35. The van der Waals surface area contributed by atoms with Crippen molar-refractivity contribution < 1.29 is 4.42 Å². The van der Waals surface area contributed by atoms with Gasteiger partial charge in [-0.3, -0.25) is 0 Å². The van der Waals surface area contributed by atoms with Crippen molar-refractivity contribution >= 4 is 60.2 Å². The summed E-state index contributed by atoms with van der Waals surface area (Å²) in [6.45, 7) is 0. The molecule has 0 radical (unpaired) electrons. The van der Waals surface area contributed by atoms with Gasteiger partial charge in [-0.1, -0.05) is 43.5 Å². The highest BCUT2D eigenvalue weighted by Gasteiger charge is 2.12. The van der Waals surface area contributed by atoms with E-state index in [0.717, 1.165) is 14.5 Å². The molecule has 0 atom stereocenters. The van der Waals surface area contributed by atoms with Crippen LogP contribution in [0.2, 0.25) is 5.02 Å². The van der Waals surface area contributed by atoms with Gasteiger partial charge in [0.15, 0.2) is 5.58 Å². The van der Waals surface area contributed by atoms with E-state index in [1.54, 1.807) is 18.2 Å². The molecule has 1 heterocycles. The van der Waals surface area contributed by atoms with Gasteiger partial charge in [-0.2, -0.15) is 0 Å². The fourth-order valence-corrected chi connectivity index (χ4v) is 3.15. The number of halogens is 3. The van der Waals surface area contributed by atoms with E-state index in [4.69, 9.17) is 21.8 Å². The van der Waals surface area contributed by atoms with Gasteiger partial charge < -0.3 is 10.2 Å². The van der Waals surface area contributed by atoms with E-state index >= 15 is 0 Å². The summed E-state index contributed by atoms with van der Waals surface area (Å²) in [5.41, 5.74) is 8.54. The third-order valence-corrected chi connectivity index (χ3v) is 3.73. The zero-order valence-electron chi connectivity index (χ0n) is 9.45. The maximum atomic E-state index is 6.02. The summed E-state index contributed by atoms with van der Waals surface area (Å²) < 4.78 is 7.45. The van der Waals surface area contributed by atoms with Gasteiger partial charge in [-0.15, -0.1) is 0 Å². The molecule has 0 fully saturated rings. The molecule has 0 aliphatic heterocycles. The van der Waals surface area contributed by atoms with Crippen LogP contribution in [0.15, 0.2) is 43.7 Å². The Morgan fingerprint density at radius 2 is 1.79 bits per heavy atom. The summed E-state index contributed by atoms with van der Waals surface area (Å²) in [7, 11) is 0. The molecule has 3 aromatic rings. The summed E-state index contributed by atoms with van der Waals surface area (Å²) in [6.07, 6.45) is 0. The van der Waals surface area contributed by atoms with E-state index in [1.165, 1.54) is 0 Å². The normalized spacial score (nSPS) is 11.1. The van der Waals surface area contributed by atoms with Gasteiger partial charge in [0.05, 0.1) is 5.69 Å². The average molecular weight is 402 g/mol. The number of fused-ring (bicyclic) bond motifs is 1. The van der Waals surface area contributed by atoms with Crippen molar-refractivity contribution in [1.29, 1.82) is 0 Å². The lowest BCUT2D eigenvalue weighted by atomic mass is 10.2. The minimum absolute atomic E-state index is 0.489. The number of oxazole rings is 1. The number of rotatable bonds is 1. The SMILES string of the molecule is Nc1cc(Br)cc2nc(-c3cc(Cl)cc(Br)c3)oc12. The number of hydrogen-bond donors (Lipinski definition) is 1. The molecule has 6 heteroatoms. The van der Waals surface area contributed by atoms with E-state index < -0.39 is 0 Å². The van der Waals surface area contributed by atoms with Crippen molar-refractivity contribution in [3.63, 3.8) is 0 Å². The summed E-state index contributed by atoms with van der Waals surface area (Å²) in [6, 6.07) is 9.13. The zero-order valence-corrected chi connectivity index (χ0v) is 13.4. The van der Waals surface area contributed by atoms with Crippen LogP contribution in [0, 0.1) is 0 Å². The molecular formula is C13H7Br2ClN2O. The lowest BCUT2D eigenvalue weighted by Gasteiger charge is -1.98. The lowest BCUT2D eigenvalue weighted by Crippen LogP contribution is -1.84. The molecule has 19 heavy (non-hydrogen) atoms. The van der Waals surface area contributed by atoms with E-state index in [9.17, 15) is 0 Å². The van der Waals surface area contributed by atoms with Crippen LogP contribution in [-0.4, -0.2) is 4.98 Å². The van der Waals surface area contributed by atoms with Gasteiger partial charge in [0.2, 0.25) is 5.89 Å². The standard InChI is InChI=1S/C13H7Br2ClN2O/c14-7-1-6(2-9(16)3-7)13-18-11-5-8(15)4-10(17)12(11)19-13/h1-5H,17H2. The maximum Gasteiger partial charge on any atom is 0.227 e. The lowest BCUT2D eigenvalue weighted by molar-refractivity contribution is 0.621. The Hall–Kier alpha value is -1.04. The monoisotopic (exact) mass is 400 g/mol. The number of hydrogen-bond acceptors (Lipinski definition) is 3. The van der Waals surface area contributed by atoms with E-state index in [-0.39, 0.29) is 0 Å². The van der Waals surface area contributed by atoms with Gasteiger partial charge in [0.1, 0.15) is 5.52 Å². The van der Waals surface area contributed by atoms with Gasteiger partial charge >= 0.3 is 0 Å². The number of benzene rings is 2. The second-order valence-corrected chi connectivity index (χ2v) is 6.29. The van der Waals surface area contributed by atoms with Crippen LogP contribution in [0.25, 0.3) is 22.6 Å². The number of nitrogen functional groups attached to an aromatic ring is 1. The fourth-order valence-electron chi connectivity index (χ4n) is 1.82. The van der Waals surface area contributed by atoms with Crippen LogP contribution < -0.4 is 5.73 Å². The van der Waals surface area contributed by atoms with Crippen LogP contribution in [-0.2, 0) is 0 Å². The molecule has 0 saturated carbocycles. The van der Waals surface area contributed by atoms with Gasteiger partial charge in [0.25, 0.3) is 0 Å². The summed E-state index contributed by atoms with van der Waals surface area (Å²) in [5.74, 6) is 0.489. The third-order valence-electron chi connectivity index (χ3n) is 2.59. The summed E-state index contributed by atoms with van der Waals surface area (Å²) in [5, 5.41) is 0.612. The van der Waals surface area contributed by atoms with Gasteiger partial charge in [-0.25, -0.2) is 4.98 Å². The predicted molar refractivity (Wildman–Crippen MR) is 84.3 cm³/mol. The molecule has 0 aliphatic rings. The highest BCUT2D eigenvalue weighted by Crippen LogP contribution is 2.32. The van der Waals surface area contributed by atoms with E-state index in [0.29, 0.717) is 27.7 Å². The Kier molecular flexibility index (Phi) is 3.28. The quantitative estimate of drug-likeness (QED) is 0.565. The van der Waals surface area contributed by atoms with Crippen LogP contribution in [0.4, 0.5) is 5.69 Å². The molecule has 2 N–H and O–H groups in total. The largest absolute Gasteiger partial charge is 0.434 e. The Morgan fingerprint density at radius 3 is 2.53 bits per heavy atom. The molecule has 96 valence electrons. The number of nitrogens with zero attached hydrogens (tertiary/aromatic N) is 1. The predicted octanol–water partition coefficient (Wildman–Crippen LogP) is 5.26. The van der Waals surface area contributed by atoms with Crippen molar-refractivity contribution in [2.24, 2.45) is 0 Å². The maximum absolute atomic E-state index is 6.02. The van der Waals surface area contributed by atoms with E-state index in [2.05, 4.69) is 36.8 Å². The first kappa shape index (κ1) is 13.0. The summed E-state index contributed by atoms with van der Waals surface area (Å²) >= 11 is 12.8. The smallest absolute Gasteiger partial charge is 0.227 e. The van der Waals surface area contributed by atoms with Crippen molar-refractivity contribution in [2.75, 3.05) is 5.73 Å². The molecule has 0 aliphatic carbocycles. The fraction of sp³-hybridized carbons (Fsp3) is 0. The van der Waals surface area contributed by atoms with Crippen LogP contribution in [0.5, 0.6) is 0 Å². The van der Waals surface area contributed by atoms with Gasteiger partial charge in [0, 0.05) is 19.5 Å². The second-order valence-electron chi connectivity index (χ2n) is 4.02. The molecule has 0 saturated heterocycles. The Balaban J connectivity index is 2.23. The highest BCUT2D eigenvalue weighted by molar-refractivity contribution is 9.10. The number of nitrogens with two attached hydrogens (primary N) is 1. The van der Waals surface area contributed by atoms with E-state index in [1.807, 2.05) is 12.1 Å². The molecule has 3 nitrogen and oxygen atoms in total. The Morgan fingerprint density at radius 1 is 1.05 bits per heavy atom. The molecule has 0 unspecified atom stereocenters. The molecule has 0 amide bonds. The van der Waals surface area contributed by atoms with Crippen LogP contribution in [0.1, 0.15) is 0 Å². The second kappa shape index (κ2) is 4.81. The Bertz CT molecular complexity index is 765. The van der Waals surface area contributed by atoms with Crippen LogP contribution in [0.3, 0.4) is 0 Å². The molecular weight excluding hydrogens is 395 g/mol. The zero-order chi connectivity index (χ0) is 13.6. The van der Waals surface area contributed by atoms with Crippen molar-refractivity contribution in [3.05, 3.63) is 44.3 Å². The summed E-state index contributed by atoms with van der Waals surface area (Å²) in [4.78, 5) is 4.43. The minimum atomic E-state index is 0.489. The van der Waals surface area contributed by atoms with Crippen molar-refractivity contribution in [1.82, 2.24) is 4.98 Å². The molecule has 0 spiro atoms.